The van der Waals surface area contributed by atoms with Crippen molar-refractivity contribution in [3.8, 4) is 5.00 Å². The Balaban J connectivity index is 1.81. The van der Waals surface area contributed by atoms with Crippen LogP contribution in [-0.4, -0.2) is 16.4 Å². The van der Waals surface area contributed by atoms with Crippen LogP contribution in [0.1, 0.15) is 36.9 Å². The molecule has 3 rings (SSSR count). The van der Waals surface area contributed by atoms with Crippen LogP contribution in [0.5, 0.6) is 0 Å². The van der Waals surface area contributed by atoms with Gasteiger partial charge < -0.3 is 8.98 Å². The highest BCUT2D eigenvalue weighted by Crippen LogP contribution is 2.30. The number of rotatable bonds is 3. The highest BCUT2D eigenvalue weighted by Gasteiger charge is 2.21. The summed E-state index contributed by atoms with van der Waals surface area (Å²) in [4.78, 5) is 25.7. The Hall–Kier alpha value is -2.80. The molecule has 0 radical (unpaired) electrons. The smallest absolute Gasteiger partial charge is 0.273 e. The molecule has 2 N–H and O–H groups in total. The standard InChI is InChI=1S/C17H17N3O3S/c1-10-12(3)24-17(20-7-4-5-8-20)14(10)16(22)19-18-15(21)13-6-9-23-11(13)2/h4-9H,1-3H3,(H,18,21)(H,19,22). The fraction of sp³-hybridized carbons (Fsp3) is 0.176. The quantitative estimate of drug-likeness (QED) is 0.717. The lowest BCUT2D eigenvalue weighted by molar-refractivity contribution is 0.0845. The molecule has 3 heterocycles. The summed E-state index contributed by atoms with van der Waals surface area (Å²) in [5.74, 6) is -0.269. The zero-order chi connectivity index (χ0) is 17.3. The van der Waals surface area contributed by atoms with Crippen molar-refractivity contribution in [2.24, 2.45) is 0 Å². The highest BCUT2D eigenvalue weighted by atomic mass is 32.1. The zero-order valence-electron chi connectivity index (χ0n) is 13.5. The highest BCUT2D eigenvalue weighted by molar-refractivity contribution is 7.15. The Morgan fingerprint density at radius 1 is 1.08 bits per heavy atom. The molecule has 0 aliphatic carbocycles. The third-order valence-corrected chi connectivity index (χ3v) is 5.05. The van der Waals surface area contributed by atoms with Gasteiger partial charge in [0.2, 0.25) is 0 Å². The fourth-order valence-electron chi connectivity index (χ4n) is 2.39. The Morgan fingerprint density at radius 2 is 1.75 bits per heavy atom. The summed E-state index contributed by atoms with van der Waals surface area (Å²) in [6.45, 7) is 5.56. The van der Waals surface area contributed by atoms with Crippen molar-refractivity contribution in [2.75, 3.05) is 0 Å². The third kappa shape index (κ3) is 2.85. The topological polar surface area (TPSA) is 76.3 Å². The number of aromatic nitrogens is 1. The lowest BCUT2D eigenvalue weighted by Gasteiger charge is -2.09. The predicted octanol–water partition coefficient (Wildman–Crippen LogP) is 3.13. The first kappa shape index (κ1) is 16.1. The van der Waals surface area contributed by atoms with E-state index in [4.69, 9.17) is 4.42 Å². The number of hydrogen-bond donors (Lipinski definition) is 2. The van der Waals surface area contributed by atoms with Gasteiger partial charge in [-0.2, -0.15) is 0 Å². The normalized spacial score (nSPS) is 10.6. The predicted molar refractivity (Wildman–Crippen MR) is 91.5 cm³/mol. The first-order valence-electron chi connectivity index (χ1n) is 7.37. The largest absolute Gasteiger partial charge is 0.469 e. The lowest BCUT2D eigenvalue weighted by Crippen LogP contribution is -2.42. The van der Waals surface area contributed by atoms with Crippen molar-refractivity contribution < 1.29 is 14.0 Å². The number of furan rings is 1. The van der Waals surface area contributed by atoms with Crippen LogP contribution in [0.15, 0.2) is 41.3 Å². The molecule has 0 aliphatic rings. The van der Waals surface area contributed by atoms with Crippen molar-refractivity contribution in [1.29, 1.82) is 0 Å². The Morgan fingerprint density at radius 3 is 2.38 bits per heavy atom. The van der Waals surface area contributed by atoms with Crippen LogP contribution in [0.2, 0.25) is 0 Å². The van der Waals surface area contributed by atoms with Crippen LogP contribution in [0.3, 0.4) is 0 Å². The molecule has 3 aromatic heterocycles. The SMILES string of the molecule is Cc1occc1C(=O)NNC(=O)c1c(-n2cccc2)sc(C)c1C. The van der Waals surface area contributed by atoms with Crippen molar-refractivity contribution in [3.63, 3.8) is 0 Å². The van der Waals surface area contributed by atoms with E-state index in [2.05, 4.69) is 10.9 Å². The van der Waals surface area contributed by atoms with Crippen molar-refractivity contribution >= 4 is 23.2 Å². The number of carbonyl (C=O) groups excluding carboxylic acids is 2. The number of thiophene rings is 1. The van der Waals surface area contributed by atoms with Gasteiger partial charge in [0.25, 0.3) is 11.8 Å². The minimum atomic E-state index is -0.415. The van der Waals surface area contributed by atoms with Crippen molar-refractivity contribution in [1.82, 2.24) is 15.4 Å². The molecule has 7 heteroatoms. The van der Waals surface area contributed by atoms with Gasteiger partial charge in [0.1, 0.15) is 10.8 Å². The van der Waals surface area contributed by atoms with Crippen LogP contribution in [0.25, 0.3) is 5.00 Å². The van der Waals surface area contributed by atoms with E-state index in [0.29, 0.717) is 16.9 Å². The number of carbonyl (C=O) groups is 2. The van der Waals surface area contributed by atoms with Gasteiger partial charge in [-0.25, -0.2) is 0 Å². The number of hydrogen-bond acceptors (Lipinski definition) is 4. The molecule has 0 aliphatic heterocycles. The number of aryl methyl sites for hydroxylation is 2. The molecule has 0 bridgehead atoms. The molecule has 0 unspecified atom stereocenters. The van der Waals surface area contributed by atoms with E-state index < -0.39 is 5.91 Å². The minimum absolute atomic E-state index is 0.352. The van der Waals surface area contributed by atoms with E-state index in [1.54, 1.807) is 13.0 Å². The Kier molecular flexibility index (Phi) is 4.26. The minimum Gasteiger partial charge on any atom is -0.469 e. The van der Waals surface area contributed by atoms with E-state index in [1.807, 2.05) is 42.9 Å². The Bertz CT molecular complexity index is 890. The van der Waals surface area contributed by atoms with E-state index in [0.717, 1.165) is 15.4 Å². The summed E-state index contributed by atoms with van der Waals surface area (Å²) in [6, 6.07) is 5.35. The van der Waals surface area contributed by atoms with Gasteiger partial charge in [-0.05, 0) is 44.5 Å². The van der Waals surface area contributed by atoms with E-state index in [-0.39, 0.29) is 5.91 Å². The molecule has 0 saturated carbocycles. The van der Waals surface area contributed by atoms with Gasteiger partial charge in [0.15, 0.2) is 0 Å². The van der Waals surface area contributed by atoms with Crippen molar-refractivity contribution in [2.45, 2.75) is 20.8 Å². The molecule has 0 aromatic carbocycles. The second kappa shape index (κ2) is 6.37. The van der Waals surface area contributed by atoms with E-state index >= 15 is 0 Å². The summed E-state index contributed by atoms with van der Waals surface area (Å²) in [5, 5.41) is 0.821. The summed E-state index contributed by atoms with van der Waals surface area (Å²) in [7, 11) is 0. The van der Waals surface area contributed by atoms with Gasteiger partial charge in [-0.1, -0.05) is 0 Å². The first-order valence-corrected chi connectivity index (χ1v) is 8.18. The average Bonchev–Trinajstić information content (AvgIpc) is 3.27. The summed E-state index contributed by atoms with van der Waals surface area (Å²) in [5.41, 5.74) is 6.75. The molecule has 2 amide bonds. The molecule has 124 valence electrons. The van der Waals surface area contributed by atoms with Crippen LogP contribution < -0.4 is 10.9 Å². The summed E-state index contributed by atoms with van der Waals surface area (Å²) in [6.07, 6.45) is 5.20. The molecule has 0 saturated heterocycles. The first-order chi connectivity index (χ1) is 11.5. The monoisotopic (exact) mass is 343 g/mol. The molecule has 24 heavy (non-hydrogen) atoms. The van der Waals surface area contributed by atoms with Gasteiger partial charge in [0.05, 0.1) is 17.4 Å². The molecule has 0 spiro atoms. The van der Waals surface area contributed by atoms with Gasteiger partial charge in [-0.3, -0.25) is 20.4 Å². The summed E-state index contributed by atoms with van der Waals surface area (Å²) >= 11 is 1.54. The van der Waals surface area contributed by atoms with Crippen LogP contribution in [0, 0.1) is 20.8 Å². The van der Waals surface area contributed by atoms with Crippen LogP contribution in [0.4, 0.5) is 0 Å². The fourth-order valence-corrected chi connectivity index (χ4v) is 3.51. The maximum absolute atomic E-state index is 12.6. The number of nitrogens with zero attached hydrogens (tertiary/aromatic N) is 1. The molecule has 3 aromatic rings. The molecular formula is C17H17N3O3S. The van der Waals surface area contributed by atoms with Crippen molar-refractivity contribution in [3.05, 3.63) is 64.2 Å². The maximum Gasteiger partial charge on any atom is 0.273 e. The van der Waals surface area contributed by atoms with E-state index in [9.17, 15) is 9.59 Å². The molecule has 0 fully saturated rings. The zero-order valence-corrected chi connectivity index (χ0v) is 14.4. The Labute approximate surface area is 143 Å². The van der Waals surface area contributed by atoms with Gasteiger partial charge in [0, 0.05) is 17.3 Å². The van der Waals surface area contributed by atoms with Crippen LogP contribution in [-0.2, 0) is 0 Å². The van der Waals surface area contributed by atoms with E-state index in [1.165, 1.54) is 17.6 Å². The van der Waals surface area contributed by atoms with Gasteiger partial charge >= 0.3 is 0 Å². The molecule has 6 nitrogen and oxygen atoms in total. The maximum atomic E-state index is 12.6. The third-order valence-electron chi connectivity index (χ3n) is 3.83. The lowest BCUT2D eigenvalue weighted by atomic mass is 10.1. The number of hydrazine groups is 1. The summed E-state index contributed by atoms with van der Waals surface area (Å²) < 4.78 is 6.98. The second-order valence-corrected chi connectivity index (χ2v) is 6.56. The number of nitrogens with one attached hydrogen (secondary N) is 2. The number of amides is 2. The molecular weight excluding hydrogens is 326 g/mol. The second-order valence-electron chi connectivity index (χ2n) is 5.35. The van der Waals surface area contributed by atoms with Gasteiger partial charge in [-0.15, -0.1) is 11.3 Å². The molecule has 0 atom stereocenters. The average molecular weight is 343 g/mol. The van der Waals surface area contributed by atoms with Crippen LogP contribution >= 0.6 is 11.3 Å².